The number of aliphatic imine (C=N–C) groups is 1. The Labute approximate surface area is 128 Å². The maximum absolute atomic E-state index is 5.35. The first kappa shape index (κ1) is 12.7. The molecule has 0 aliphatic carbocycles. The molecule has 22 heavy (non-hydrogen) atoms. The summed E-state index contributed by atoms with van der Waals surface area (Å²) in [5, 5.41) is 0. The molecule has 2 aromatic carbocycles. The van der Waals surface area contributed by atoms with Crippen molar-refractivity contribution in [3.63, 3.8) is 0 Å². The van der Waals surface area contributed by atoms with E-state index in [1.165, 1.54) is 0 Å². The molecule has 0 saturated carbocycles. The van der Waals surface area contributed by atoms with Gasteiger partial charge in [0.15, 0.2) is 11.5 Å². The van der Waals surface area contributed by atoms with Crippen molar-refractivity contribution in [2.45, 2.75) is 0 Å². The number of hydrogen-bond donors (Lipinski definition) is 0. The fourth-order valence-corrected chi connectivity index (χ4v) is 2.36. The fourth-order valence-electron chi connectivity index (χ4n) is 2.36. The van der Waals surface area contributed by atoms with Crippen LogP contribution in [0.3, 0.4) is 0 Å². The highest BCUT2D eigenvalue weighted by atomic mass is 16.7. The lowest BCUT2D eigenvalue weighted by Gasteiger charge is -2.00. The van der Waals surface area contributed by atoms with Crippen LogP contribution >= 0.6 is 0 Å². The Morgan fingerprint density at radius 1 is 0.955 bits per heavy atom. The molecule has 0 unspecified atom stereocenters. The molecule has 4 heteroatoms. The zero-order chi connectivity index (χ0) is 14.8. The summed E-state index contributed by atoms with van der Waals surface area (Å²) in [4.78, 5) is 4.49. The van der Waals surface area contributed by atoms with Crippen molar-refractivity contribution < 1.29 is 9.47 Å². The molecule has 0 bridgehead atoms. The summed E-state index contributed by atoms with van der Waals surface area (Å²) in [6.45, 7) is 0.280. The van der Waals surface area contributed by atoms with Gasteiger partial charge in [-0.2, -0.15) is 0 Å². The molecular weight excluding hydrogens is 276 g/mol. The van der Waals surface area contributed by atoms with Crippen LogP contribution in [0.4, 0.5) is 5.69 Å². The molecule has 0 amide bonds. The van der Waals surface area contributed by atoms with Crippen LogP contribution in [0.15, 0.2) is 72.0 Å². The first-order valence-corrected chi connectivity index (χ1v) is 7.06. The van der Waals surface area contributed by atoms with Crippen molar-refractivity contribution in [2.24, 2.45) is 4.99 Å². The summed E-state index contributed by atoms with van der Waals surface area (Å²) in [6, 6.07) is 17.9. The van der Waals surface area contributed by atoms with E-state index in [0.717, 1.165) is 28.4 Å². The highest BCUT2D eigenvalue weighted by Crippen LogP contribution is 2.35. The maximum atomic E-state index is 5.35. The summed E-state index contributed by atoms with van der Waals surface area (Å²) >= 11 is 0. The van der Waals surface area contributed by atoms with E-state index < -0.39 is 0 Å². The second-order valence-electron chi connectivity index (χ2n) is 4.98. The average molecular weight is 290 g/mol. The molecule has 0 fully saturated rings. The Kier molecular flexibility index (Phi) is 3.12. The lowest BCUT2D eigenvalue weighted by atomic mass is 10.3. The Bertz CT molecular complexity index is 822. The molecule has 1 aliphatic rings. The van der Waals surface area contributed by atoms with Gasteiger partial charge in [0.25, 0.3) is 0 Å². The van der Waals surface area contributed by atoms with E-state index in [1.54, 1.807) is 0 Å². The first-order chi connectivity index (χ1) is 10.9. The maximum Gasteiger partial charge on any atom is 0.231 e. The van der Waals surface area contributed by atoms with Crippen LogP contribution in [0, 0.1) is 0 Å². The zero-order valence-corrected chi connectivity index (χ0v) is 11.8. The largest absolute Gasteiger partial charge is 0.454 e. The number of para-hydroxylation sites is 1. The van der Waals surface area contributed by atoms with Crippen molar-refractivity contribution in [2.75, 3.05) is 6.79 Å². The van der Waals surface area contributed by atoms with Gasteiger partial charge in [-0.05, 0) is 30.3 Å². The van der Waals surface area contributed by atoms with E-state index in [1.807, 2.05) is 61.1 Å². The molecule has 0 N–H and O–H groups in total. The van der Waals surface area contributed by atoms with Crippen molar-refractivity contribution in [1.29, 1.82) is 0 Å². The van der Waals surface area contributed by atoms with Gasteiger partial charge in [-0.25, -0.2) is 0 Å². The molecule has 108 valence electrons. The van der Waals surface area contributed by atoms with Crippen molar-refractivity contribution in [1.82, 2.24) is 4.57 Å². The molecule has 0 spiro atoms. The quantitative estimate of drug-likeness (QED) is 0.685. The van der Waals surface area contributed by atoms with Crippen LogP contribution in [0.1, 0.15) is 5.56 Å². The topological polar surface area (TPSA) is 35.8 Å². The summed E-state index contributed by atoms with van der Waals surface area (Å²) < 4.78 is 12.7. The summed E-state index contributed by atoms with van der Waals surface area (Å²) in [6.07, 6.45) is 5.92. The van der Waals surface area contributed by atoms with Gasteiger partial charge in [-0.15, -0.1) is 0 Å². The molecule has 4 nitrogen and oxygen atoms in total. The molecule has 4 rings (SSSR count). The molecule has 1 aromatic heterocycles. The highest BCUT2D eigenvalue weighted by molar-refractivity contribution is 5.82. The summed E-state index contributed by atoms with van der Waals surface area (Å²) in [7, 11) is 0. The van der Waals surface area contributed by atoms with E-state index in [4.69, 9.17) is 9.47 Å². The van der Waals surface area contributed by atoms with Gasteiger partial charge in [-0.3, -0.25) is 4.99 Å². The lowest BCUT2D eigenvalue weighted by molar-refractivity contribution is 0.174. The summed E-state index contributed by atoms with van der Waals surface area (Å²) in [5.74, 6) is 1.52. The monoisotopic (exact) mass is 290 g/mol. The van der Waals surface area contributed by atoms with Crippen LogP contribution in [-0.4, -0.2) is 17.6 Å². The van der Waals surface area contributed by atoms with Crippen LogP contribution in [0.5, 0.6) is 11.5 Å². The van der Waals surface area contributed by atoms with E-state index in [-0.39, 0.29) is 6.79 Å². The second kappa shape index (κ2) is 5.41. The summed E-state index contributed by atoms with van der Waals surface area (Å²) in [5.41, 5.74) is 3.02. The molecule has 0 radical (unpaired) electrons. The Hall–Kier alpha value is -3.01. The van der Waals surface area contributed by atoms with Crippen molar-refractivity contribution in [3.05, 3.63) is 72.6 Å². The van der Waals surface area contributed by atoms with E-state index in [2.05, 4.69) is 21.7 Å². The van der Waals surface area contributed by atoms with Gasteiger partial charge in [0, 0.05) is 35.9 Å². The van der Waals surface area contributed by atoms with Crippen molar-refractivity contribution >= 4 is 11.9 Å². The normalized spacial score (nSPS) is 12.9. The average Bonchev–Trinajstić information content (AvgIpc) is 3.22. The minimum atomic E-state index is 0.280. The third kappa shape index (κ3) is 2.46. The van der Waals surface area contributed by atoms with E-state index >= 15 is 0 Å². The van der Waals surface area contributed by atoms with Gasteiger partial charge in [0.1, 0.15) is 0 Å². The molecule has 3 aromatic rings. The minimum absolute atomic E-state index is 0.280. The highest BCUT2D eigenvalue weighted by Gasteiger charge is 2.12. The second-order valence-corrected chi connectivity index (χ2v) is 4.98. The standard InChI is InChI=1S/C18H14N2O2/c1-2-4-16(5-3-1)20-9-8-14(12-20)11-19-15-6-7-17-18(10-15)22-13-21-17/h1-12H,13H2. The van der Waals surface area contributed by atoms with Crippen molar-refractivity contribution in [3.8, 4) is 17.2 Å². The predicted molar refractivity (Wildman–Crippen MR) is 85.6 cm³/mol. The number of ether oxygens (including phenoxy) is 2. The van der Waals surface area contributed by atoms with Gasteiger partial charge >= 0.3 is 0 Å². The predicted octanol–water partition coefficient (Wildman–Crippen LogP) is 3.96. The van der Waals surface area contributed by atoms with Crippen LogP contribution < -0.4 is 9.47 Å². The number of benzene rings is 2. The lowest BCUT2D eigenvalue weighted by Crippen LogP contribution is -1.92. The van der Waals surface area contributed by atoms with Gasteiger partial charge in [0.05, 0.1) is 5.69 Å². The Morgan fingerprint density at radius 3 is 2.73 bits per heavy atom. The van der Waals surface area contributed by atoms with Gasteiger partial charge in [-0.1, -0.05) is 18.2 Å². The number of nitrogens with zero attached hydrogens (tertiary/aromatic N) is 2. The van der Waals surface area contributed by atoms with E-state index in [0.29, 0.717) is 0 Å². The van der Waals surface area contributed by atoms with Gasteiger partial charge < -0.3 is 14.0 Å². The van der Waals surface area contributed by atoms with Crippen LogP contribution in [0.25, 0.3) is 5.69 Å². The molecule has 2 heterocycles. The molecular formula is C18H14N2O2. The molecule has 0 saturated heterocycles. The zero-order valence-electron chi connectivity index (χ0n) is 11.8. The van der Waals surface area contributed by atoms with E-state index in [9.17, 15) is 0 Å². The molecule has 1 aliphatic heterocycles. The number of aromatic nitrogens is 1. The smallest absolute Gasteiger partial charge is 0.231 e. The van der Waals surface area contributed by atoms with Gasteiger partial charge in [0.2, 0.25) is 6.79 Å². The fraction of sp³-hybridized carbons (Fsp3) is 0.0556. The number of rotatable bonds is 3. The minimum Gasteiger partial charge on any atom is -0.454 e. The third-order valence-electron chi connectivity index (χ3n) is 3.49. The first-order valence-electron chi connectivity index (χ1n) is 7.06. The Morgan fingerprint density at radius 2 is 1.82 bits per heavy atom. The third-order valence-corrected chi connectivity index (χ3v) is 3.49. The number of fused-ring (bicyclic) bond motifs is 1. The van der Waals surface area contributed by atoms with Crippen LogP contribution in [-0.2, 0) is 0 Å². The molecule has 0 atom stereocenters. The SMILES string of the molecule is C(=Nc1ccc2c(c1)OCO2)c1ccn(-c2ccccc2)c1. The Balaban J connectivity index is 1.55. The number of hydrogen-bond acceptors (Lipinski definition) is 3. The van der Waals surface area contributed by atoms with Crippen LogP contribution in [0.2, 0.25) is 0 Å².